The van der Waals surface area contributed by atoms with Gasteiger partial charge in [0.25, 0.3) is 0 Å². The number of rotatable bonds is 8. The number of carbonyl (C=O) groups is 2. The van der Waals surface area contributed by atoms with E-state index in [-0.39, 0.29) is 11.6 Å². The molecular weight excluding hydrogens is 638 g/mol. The molecule has 15 heteroatoms. The van der Waals surface area contributed by atoms with Crippen LogP contribution in [0.4, 0.5) is 17.3 Å². The van der Waals surface area contributed by atoms with Crippen LogP contribution < -0.4 is 9.80 Å². The SMILES string of the molecule is CC(=O)N1CCc2c(c(N3CCCc4nc(-c5cnn(CCC6CCN(c7ccc(C(=O)O)nn7)CC6)c5)ncc43)nn2C2CCOCC2)C1. The van der Waals surface area contributed by atoms with Gasteiger partial charge in [0, 0.05) is 76.7 Å². The molecule has 0 aliphatic carbocycles. The highest BCUT2D eigenvalue weighted by molar-refractivity contribution is 5.85. The van der Waals surface area contributed by atoms with Crippen molar-refractivity contribution in [1.29, 1.82) is 0 Å². The number of hydrogen-bond acceptors (Lipinski definition) is 11. The zero-order chi connectivity index (χ0) is 34.2. The summed E-state index contributed by atoms with van der Waals surface area (Å²) in [4.78, 5) is 39.7. The van der Waals surface area contributed by atoms with Gasteiger partial charge in [0.15, 0.2) is 23.2 Å². The molecule has 8 rings (SSSR count). The van der Waals surface area contributed by atoms with Crippen LogP contribution in [-0.2, 0) is 35.5 Å². The standard InChI is InChI=1S/C35H43N11O4/c1-23(47)43-15-9-30-27(22-43)34(41-46(30)26-10-17-50-18-11-26)45-12-2-3-28-31(45)20-36-33(38-28)25-19-37-44(21-25)16-8-24-6-13-42(14-7-24)32-5-4-29(35(48)49)39-40-32/h4-5,19-21,24,26H,2-3,6-18,22H2,1H3,(H,48,49). The molecule has 4 aromatic heterocycles. The van der Waals surface area contributed by atoms with Crippen molar-refractivity contribution < 1.29 is 19.4 Å². The second kappa shape index (κ2) is 13.8. The maximum atomic E-state index is 12.4. The van der Waals surface area contributed by atoms with Gasteiger partial charge in [0.05, 0.1) is 41.9 Å². The largest absolute Gasteiger partial charge is 0.476 e. The summed E-state index contributed by atoms with van der Waals surface area (Å²) in [6.45, 7) is 7.80. The number of amides is 1. The summed E-state index contributed by atoms with van der Waals surface area (Å²) in [5.41, 5.74) is 5.25. The molecule has 4 aliphatic heterocycles. The van der Waals surface area contributed by atoms with Gasteiger partial charge in [0.2, 0.25) is 5.91 Å². The van der Waals surface area contributed by atoms with E-state index in [0.717, 1.165) is 131 Å². The quantitative estimate of drug-likeness (QED) is 0.288. The van der Waals surface area contributed by atoms with Gasteiger partial charge in [-0.05, 0) is 63.0 Å². The van der Waals surface area contributed by atoms with Crippen LogP contribution in [0.3, 0.4) is 0 Å². The van der Waals surface area contributed by atoms with E-state index in [1.807, 2.05) is 28.2 Å². The molecule has 2 saturated heterocycles. The number of nitrogens with zero attached hydrogens (tertiary/aromatic N) is 11. The van der Waals surface area contributed by atoms with Crippen molar-refractivity contribution in [2.45, 2.75) is 77.4 Å². The number of carboxylic acids is 1. The van der Waals surface area contributed by atoms with Gasteiger partial charge >= 0.3 is 5.97 Å². The van der Waals surface area contributed by atoms with Gasteiger partial charge in [-0.1, -0.05) is 0 Å². The molecule has 0 saturated carbocycles. The van der Waals surface area contributed by atoms with Gasteiger partial charge in [-0.3, -0.25) is 14.2 Å². The lowest BCUT2D eigenvalue weighted by atomic mass is 9.93. The van der Waals surface area contributed by atoms with Gasteiger partial charge in [0.1, 0.15) is 0 Å². The van der Waals surface area contributed by atoms with Crippen LogP contribution in [0.1, 0.15) is 78.9 Å². The summed E-state index contributed by atoms with van der Waals surface area (Å²) in [5.74, 6) is 1.92. The van der Waals surface area contributed by atoms with Crippen LogP contribution in [0.15, 0.2) is 30.7 Å². The topological polar surface area (TPSA) is 161 Å². The first-order chi connectivity index (χ1) is 24.4. The van der Waals surface area contributed by atoms with Crippen LogP contribution in [0.2, 0.25) is 0 Å². The fraction of sp³-hybridized carbons (Fsp3) is 0.543. The van der Waals surface area contributed by atoms with Crippen molar-refractivity contribution in [3.05, 3.63) is 53.4 Å². The first-order valence-electron chi connectivity index (χ1n) is 17.8. The lowest BCUT2D eigenvalue weighted by Gasteiger charge is -2.32. The third kappa shape index (κ3) is 6.41. The predicted molar refractivity (Wildman–Crippen MR) is 183 cm³/mol. The van der Waals surface area contributed by atoms with Crippen LogP contribution in [0, 0.1) is 5.92 Å². The average Bonchev–Trinajstić information content (AvgIpc) is 3.79. The molecule has 1 amide bonds. The molecule has 0 radical (unpaired) electrons. The number of fused-ring (bicyclic) bond motifs is 2. The number of anilines is 3. The molecule has 0 unspecified atom stereocenters. The number of aryl methyl sites for hydroxylation is 2. The summed E-state index contributed by atoms with van der Waals surface area (Å²) in [6, 6.07) is 3.55. The van der Waals surface area contributed by atoms with E-state index < -0.39 is 5.97 Å². The molecule has 0 aromatic carbocycles. The Kier molecular flexibility index (Phi) is 8.89. The van der Waals surface area contributed by atoms with Crippen molar-refractivity contribution in [1.82, 2.24) is 44.6 Å². The first-order valence-corrected chi connectivity index (χ1v) is 17.8. The van der Waals surface area contributed by atoms with E-state index in [2.05, 4.69) is 29.8 Å². The molecule has 0 atom stereocenters. The second-order valence-corrected chi connectivity index (χ2v) is 13.8. The molecule has 8 heterocycles. The molecule has 15 nitrogen and oxygen atoms in total. The highest BCUT2D eigenvalue weighted by Crippen LogP contribution is 2.39. The predicted octanol–water partition coefficient (Wildman–Crippen LogP) is 3.67. The minimum absolute atomic E-state index is 0.0411. The van der Waals surface area contributed by atoms with Crippen LogP contribution in [0.25, 0.3) is 11.4 Å². The number of aromatic carboxylic acids is 1. The van der Waals surface area contributed by atoms with Crippen LogP contribution in [0.5, 0.6) is 0 Å². The third-order valence-electron chi connectivity index (χ3n) is 10.7. The Balaban J connectivity index is 0.941. The Labute approximate surface area is 290 Å². The molecule has 2 fully saturated rings. The van der Waals surface area contributed by atoms with Gasteiger partial charge in [-0.2, -0.15) is 10.2 Å². The lowest BCUT2D eigenvalue weighted by molar-refractivity contribution is -0.129. The molecule has 0 bridgehead atoms. The van der Waals surface area contributed by atoms with Crippen LogP contribution >= 0.6 is 0 Å². The van der Waals surface area contributed by atoms with E-state index in [9.17, 15) is 9.59 Å². The van der Waals surface area contributed by atoms with Crippen molar-refractivity contribution in [2.75, 3.05) is 49.2 Å². The molecule has 262 valence electrons. The van der Waals surface area contributed by atoms with E-state index in [4.69, 9.17) is 24.9 Å². The third-order valence-corrected chi connectivity index (χ3v) is 10.7. The minimum atomic E-state index is -1.07. The highest BCUT2D eigenvalue weighted by atomic mass is 16.5. The minimum Gasteiger partial charge on any atom is -0.476 e. The van der Waals surface area contributed by atoms with E-state index in [1.54, 1.807) is 13.0 Å². The summed E-state index contributed by atoms with van der Waals surface area (Å²) in [6.07, 6.45) is 13.4. The Morgan fingerprint density at radius 3 is 2.60 bits per heavy atom. The number of hydrogen-bond donors (Lipinski definition) is 1. The van der Waals surface area contributed by atoms with Crippen molar-refractivity contribution in [3.63, 3.8) is 0 Å². The Hall–Kier alpha value is -4.92. The normalized spacial score (nSPS) is 18.6. The summed E-state index contributed by atoms with van der Waals surface area (Å²) in [7, 11) is 0. The van der Waals surface area contributed by atoms with Crippen LogP contribution in [-0.4, -0.2) is 101 Å². The number of piperidine rings is 1. The summed E-state index contributed by atoms with van der Waals surface area (Å²) in [5, 5.41) is 26.9. The number of carboxylic acid groups (broad SMARTS) is 1. The monoisotopic (exact) mass is 681 g/mol. The molecule has 50 heavy (non-hydrogen) atoms. The van der Waals surface area contributed by atoms with Gasteiger partial charge in [-0.15, -0.1) is 10.2 Å². The molecule has 0 spiro atoms. The van der Waals surface area contributed by atoms with Gasteiger partial charge in [-0.25, -0.2) is 14.8 Å². The zero-order valence-electron chi connectivity index (χ0n) is 28.4. The number of aromatic nitrogens is 8. The number of ether oxygens (including phenoxy) is 1. The smallest absolute Gasteiger partial charge is 0.356 e. The van der Waals surface area contributed by atoms with Gasteiger partial charge < -0.3 is 24.5 Å². The Morgan fingerprint density at radius 1 is 1.00 bits per heavy atom. The fourth-order valence-corrected chi connectivity index (χ4v) is 7.82. The van der Waals surface area contributed by atoms with Crippen molar-refractivity contribution in [3.8, 4) is 11.4 Å². The Bertz CT molecular complexity index is 1860. The summed E-state index contributed by atoms with van der Waals surface area (Å²) >= 11 is 0. The molecule has 4 aromatic rings. The highest BCUT2D eigenvalue weighted by Gasteiger charge is 2.34. The Morgan fingerprint density at radius 2 is 1.84 bits per heavy atom. The second-order valence-electron chi connectivity index (χ2n) is 13.8. The lowest BCUT2D eigenvalue weighted by Crippen LogP contribution is -2.36. The maximum absolute atomic E-state index is 12.4. The summed E-state index contributed by atoms with van der Waals surface area (Å²) < 4.78 is 9.88. The average molecular weight is 682 g/mol. The number of carbonyl (C=O) groups excluding carboxylic acids is 1. The molecule has 4 aliphatic rings. The van der Waals surface area contributed by atoms with E-state index >= 15 is 0 Å². The van der Waals surface area contributed by atoms with E-state index in [1.165, 1.54) is 11.8 Å². The molecule has 1 N–H and O–H groups in total. The van der Waals surface area contributed by atoms with Crippen molar-refractivity contribution in [2.24, 2.45) is 5.92 Å². The maximum Gasteiger partial charge on any atom is 0.356 e. The molecular formula is C35H43N11O4. The van der Waals surface area contributed by atoms with Crippen molar-refractivity contribution >= 4 is 29.2 Å². The fourth-order valence-electron chi connectivity index (χ4n) is 7.82. The van der Waals surface area contributed by atoms with E-state index in [0.29, 0.717) is 24.3 Å². The first kappa shape index (κ1) is 32.3. The zero-order valence-corrected chi connectivity index (χ0v) is 28.4.